The first kappa shape index (κ1) is 89.6. The molecule has 3 amide bonds. The van der Waals surface area contributed by atoms with Crippen molar-refractivity contribution in [1.29, 1.82) is 0 Å². The number of carbonyl (C=O) groups excluding carboxylic acids is 3. The predicted molar refractivity (Wildman–Crippen MR) is 332 cm³/mol. The average molecular weight is 1600 g/mol. The Balaban J connectivity index is 1.02. The van der Waals surface area contributed by atoms with Crippen molar-refractivity contribution in [2.24, 2.45) is 0 Å². The molecule has 9 aliphatic heterocycles. The molecule has 49 heteroatoms. The second-order valence-corrected chi connectivity index (χ2v) is 27.5. The summed E-state index contributed by atoms with van der Waals surface area (Å²) in [5.74, 6) is -2.62. The van der Waals surface area contributed by atoms with E-state index in [0.717, 1.165) is 20.8 Å². The summed E-state index contributed by atoms with van der Waals surface area (Å²) in [6, 6.07) is -5.37. The predicted octanol–water partition coefficient (Wildman–Crippen LogP) is -20.2. The van der Waals surface area contributed by atoms with Crippen LogP contribution in [0.2, 0.25) is 0 Å². The first-order chi connectivity index (χ1) is 51.6. The lowest BCUT2D eigenvalue weighted by atomic mass is 9.93. The van der Waals surface area contributed by atoms with Gasteiger partial charge in [0.25, 0.3) is 0 Å². The van der Waals surface area contributed by atoms with Crippen molar-refractivity contribution in [3.05, 3.63) is 0 Å². The number of aliphatic hydroxyl groups is 26. The minimum Gasteiger partial charge on any atom is -0.394 e. The number of amides is 3. The van der Waals surface area contributed by atoms with Crippen LogP contribution in [0.1, 0.15) is 20.8 Å². The molecule has 9 saturated heterocycles. The zero-order chi connectivity index (χ0) is 80.2. The highest BCUT2D eigenvalue weighted by Gasteiger charge is 2.60. The van der Waals surface area contributed by atoms with Gasteiger partial charge >= 0.3 is 0 Å². The van der Waals surface area contributed by atoms with Gasteiger partial charge in [0.15, 0.2) is 56.6 Å². The first-order valence-corrected chi connectivity index (χ1v) is 34.6. The minimum absolute atomic E-state index is 0.782. The molecule has 632 valence electrons. The molecule has 0 radical (unpaired) electrons. The molecule has 45 atom stereocenters. The zero-order valence-corrected chi connectivity index (χ0v) is 58.1. The van der Waals surface area contributed by atoms with E-state index in [1.165, 1.54) is 0 Å². The molecule has 9 rings (SSSR count). The van der Waals surface area contributed by atoms with Gasteiger partial charge in [0.2, 0.25) is 17.7 Å². The molecule has 9 heterocycles. The summed E-state index contributed by atoms with van der Waals surface area (Å²) in [5.41, 5.74) is 0. The summed E-state index contributed by atoms with van der Waals surface area (Å²) in [4.78, 5) is 37.8. The number of rotatable bonds is 28. The molecule has 0 aromatic heterocycles. The van der Waals surface area contributed by atoms with E-state index in [1.807, 2.05) is 0 Å². The SMILES string of the molecule is CC(=O)N[C@@H]1[C@@H](O)[C@H](O[C@@H]2O[C@H](CO)[C@@H](O[C@@H]3O[C@H](CO[C@H]4O[C@H](CO[C@H]5O[C@H](CO)[C@@H](O)[C@H](O)[C@@H]5O)[C@@H](O)[C@H](O[C@H]5O[C@H](CO)[C@@H](O)[C@H](O)[C@@H]5O)[C@@H]4O)[C@@H](O)[C@H](O[C@H]4O[C@H](CO)[C@@H](O[C@@H]5O[C@H](CO)[C@@H](O)[C@H](O[C@@H]6O[C@H](CO)[C@H](O)[C@H](O)[C@H]6O)[C@H]5NC(C)=O)[C@H](O)[C@@H]4O)[C@@H]3O)[C@H](O)[C@H]2NC(C)=O)[C@@H](CO)O[C@H]1O. The highest BCUT2D eigenvalue weighted by atomic mass is 16.8. The third-order valence-corrected chi connectivity index (χ3v) is 19.9. The fourth-order valence-corrected chi connectivity index (χ4v) is 14.0. The van der Waals surface area contributed by atoms with Crippen LogP contribution >= 0.6 is 0 Å². The van der Waals surface area contributed by atoms with Crippen molar-refractivity contribution >= 4 is 17.7 Å². The third kappa shape index (κ3) is 19.7. The average Bonchev–Trinajstić information content (AvgIpc) is 0.771. The van der Waals surface area contributed by atoms with Gasteiger partial charge < -0.3 is 229 Å². The fourth-order valence-electron chi connectivity index (χ4n) is 14.0. The van der Waals surface area contributed by atoms with Crippen LogP contribution in [0.15, 0.2) is 0 Å². The van der Waals surface area contributed by atoms with Crippen molar-refractivity contribution < 1.29 is 228 Å². The molecule has 29 N–H and O–H groups in total. The number of hydrogen-bond donors (Lipinski definition) is 29. The summed E-state index contributed by atoms with van der Waals surface area (Å²) in [7, 11) is 0. The van der Waals surface area contributed by atoms with Crippen LogP contribution in [0.25, 0.3) is 0 Å². The smallest absolute Gasteiger partial charge is 0.217 e. The van der Waals surface area contributed by atoms with Crippen LogP contribution in [0.5, 0.6) is 0 Å². The number of aliphatic hydroxyl groups excluding tert-OH is 26. The number of carbonyl (C=O) groups is 3. The van der Waals surface area contributed by atoms with Crippen LogP contribution < -0.4 is 16.0 Å². The molecule has 109 heavy (non-hydrogen) atoms. The third-order valence-electron chi connectivity index (χ3n) is 19.9. The Morgan fingerprint density at radius 2 is 0.495 bits per heavy atom. The van der Waals surface area contributed by atoms with Crippen molar-refractivity contribution in [1.82, 2.24) is 16.0 Å². The number of hydrogen-bond acceptors (Lipinski definition) is 46. The quantitative estimate of drug-likeness (QED) is 0.0346. The molecular weight excluding hydrogens is 1500 g/mol. The standard InChI is InChI=1S/C60H101N3O46/c1-13(71)61-25-34(80)46(20(8-68)95-52(25)92)104-53-26(62-14(2)72)35(81)47(21(9-69)100-53)106-60-45(91)51(109-59-43(89)39(85)48(22(10-70)101-59)105-54-27(63-15(3)73)49(31(77)19(7-67)96-54)107-57-41(87)37(83)29(75)17(5-65)98-57)33(79)24(103-60)12-94-56-44(90)50(108-58-42(88)38(84)30(76)18(6-66)99-58)32(78)23(102-56)11-93-55-40(86)36(82)28(74)16(4-64)97-55/h16-60,64-70,74-92H,4-12H2,1-3H3,(H,61,71)(H,62,72)(H,63,73)/t16-,17-,18-,19-,20-,21-,22-,23-,24-,25-,26-,27-,28-,29+,30-,31-,32-,33-,34-,35-,36+,37+,38+,39-,40+,41-,42+,43+,44+,45+,46-,47-,48-,49-,50+,51+,52-,53+,54+,55+,56+,57+,58-,59-,60+/m1/s1. The second-order valence-electron chi connectivity index (χ2n) is 27.5. The van der Waals surface area contributed by atoms with Crippen molar-refractivity contribution in [2.45, 2.75) is 297 Å². The fraction of sp³-hybridized carbons (Fsp3) is 0.950. The largest absolute Gasteiger partial charge is 0.394 e. The van der Waals surface area contributed by atoms with E-state index in [0.29, 0.717) is 0 Å². The van der Waals surface area contributed by atoms with Gasteiger partial charge in [0.05, 0.1) is 59.5 Å². The molecular formula is C60H101N3O46. The topological polar surface area (TPSA) is 770 Å². The molecule has 0 spiro atoms. The van der Waals surface area contributed by atoms with Crippen molar-refractivity contribution in [3.8, 4) is 0 Å². The second kappa shape index (κ2) is 39.1. The van der Waals surface area contributed by atoms with E-state index >= 15 is 0 Å². The number of nitrogens with one attached hydrogen (secondary N) is 3. The van der Waals surface area contributed by atoms with Crippen LogP contribution in [0, 0.1) is 0 Å². The van der Waals surface area contributed by atoms with E-state index in [4.69, 9.17) is 80.5 Å². The summed E-state index contributed by atoms with van der Waals surface area (Å²) in [6.45, 7) is -6.61. The van der Waals surface area contributed by atoms with Crippen molar-refractivity contribution in [2.75, 3.05) is 59.5 Å². The highest BCUT2D eigenvalue weighted by molar-refractivity contribution is 5.74. The molecule has 0 aromatic carbocycles. The Labute approximate surface area is 616 Å². The maximum Gasteiger partial charge on any atom is 0.217 e. The first-order valence-electron chi connectivity index (χ1n) is 34.6. The van der Waals surface area contributed by atoms with Gasteiger partial charge in [-0.15, -0.1) is 0 Å². The maximum absolute atomic E-state index is 12.9. The van der Waals surface area contributed by atoms with Gasteiger partial charge in [0.1, 0.15) is 220 Å². The normalized spacial score (nSPS) is 50.0. The molecule has 0 saturated carbocycles. The summed E-state index contributed by atoms with van der Waals surface area (Å²) in [5, 5.41) is 293. The minimum atomic E-state index is -2.53. The van der Waals surface area contributed by atoms with Gasteiger partial charge in [-0.25, -0.2) is 0 Å². The monoisotopic (exact) mass is 1600 g/mol. The Bertz CT molecular complexity index is 2840. The molecule has 0 bridgehead atoms. The van der Waals surface area contributed by atoms with E-state index in [1.54, 1.807) is 0 Å². The van der Waals surface area contributed by atoms with Gasteiger partial charge in [-0.05, 0) is 0 Å². The van der Waals surface area contributed by atoms with E-state index in [2.05, 4.69) is 16.0 Å². The molecule has 0 aromatic rings. The zero-order valence-electron chi connectivity index (χ0n) is 58.1. The summed E-state index contributed by atoms with van der Waals surface area (Å²) < 4.78 is 98.9. The van der Waals surface area contributed by atoms with Gasteiger partial charge in [-0.1, -0.05) is 0 Å². The van der Waals surface area contributed by atoms with Gasteiger partial charge in [-0.3, -0.25) is 14.4 Å². The van der Waals surface area contributed by atoms with E-state index in [9.17, 15) is 147 Å². The van der Waals surface area contributed by atoms with Crippen LogP contribution in [0.3, 0.4) is 0 Å². The van der Waals surface area contributed by atoms with Crippen LogP contribution in [-0.4, -0.2) is 486 Å². The molecule has 9 fully saturated rings. The summed E-state index contributed by atoms with van der Waals surface area (Å²) in [6.07, 6.45) is -86.7. The maximum atomic E-state index is 12.9. The summed E-state index contributed by atoms with van der Waals surface area (Å²) >= 11 is 0. The van der Waals surface area contributed by atoms with Crippen LogP contribution in [-0.2, 0) is 94.9 Å². The Morgan fingerprint density at radius 1 is 0.239 bits per heavy atom. The number of ether oxygens (including phenoxy) is 17. The highest BCUT2D eigenvalue weighted by Crippen LogP contribution is 2.39. The Morgan fingerprint density at radius 3 is 0.936 bits per heavy atom. The van der Waals surface area contributed by atoms with E-state index in [-0.39, 0.29) is 0 Å². The van der Waals surface area contributed by atoms with Gasteiger partial charge in [-0.2, -0.15) is 0 Å². The lowest BCUT2D eigenvalue weighted by molar-refractivity contribution is -0.393. The van der Waals surface area contributed by atoms with E-state index < -0.39 is 353 Å². The molecule has 0 aliphatic carbocycles. The Hall–Kier alpha value is -3.31. The Kier molecular flexibility index (Phi) is 32.1. The molecule has 49 nitrogen and oxygen atoms in total. The lowest BCUT2D eigenvalue weighted by Crippen LogP contribution is -2.71. The van der Waals surface area contributed by atoms with Crippen molar-refractivity contribution in [3.63, 3.8) is 0 Å². The van der Waals surface area contributed by atoms with Crippen LogP contribution in [0.4, 0.5) is 0 Å². The molecule has 9 aliphatic rings. The molecule has 0 unspecified atom stereocenters. The van der Waals surface area contributed by atoms with Gasteiger partial charge in [0, 0.05) is 20.8 Å². The lowest BCUT2D eigenvalue weighted by Gasteiger charge is -2.51.